The van der Waals surface area contributed by atoms with Gasteiger partial charge in [-0.2, -0.15) is 0 Å². The Morgan fingerprint density at radius 2 is 2.17 bits per heavy atom. The highest BCUT2D eigenvalue weighted by Gasteiger charge is 2.20. The summed E-state index contributed by atoms with van der Waals surface area (Å²) in [6.45, 7) is 2.52. The molecule has 3 aromatic heterocycles. The number of pyridine rings is 1. The van der Waals surface area contributed by atoms with Crippen LogP contribution in [-0.4, -0.2) is 43.6 Å². The van der Waals surface area contributed by atoms with Crippen molar-refractivity contribution in [2.45, 2.75) is 25.4 Å². The molecule has 24 heavy (non-hydrogen) atoms. The van der Waals surface area contributed by atoms with E-state index in [-0.39, 0.29) is 6.04 Å². The lowest BCUT2D eigenvalue weighted by Crippen LogP contribution is -2.43. The quantitative estimate of drug-likeness (QED) is 0.732. The minimum absolute atomic E-state index is 0.216. The third-order valence-electron chi connectivity index (χ3n) is 4.46. The van der Waals surface area contributed by atoms with E-state index in [2.05, 4.69) is 24.8 Å². The molecule has 1 aliphatic heterocycles. The maximum absolute atomic E-state index is 6.13. The minimum atomic E-state index is 0.216. The van der Waals surface area contributed by atoms with Crippen LogP contribution in [0, 0.1) is 0 Å². The number of imidazole rings is 1. The molecule has 3 aromatic rings. The van der Waals surface area contributed by atoms with Gasteiger partial charge in [0.05, 0.1) is 24.8 Å². The number of hydrogen-bond acceptors (Lipinski definition) is 7. The van der Waals surface area contributed by atoms with Gasteiger partial charge in [-0.05, 0) is 24.5 Å². The average Bonchev–Trinajstić information content (AvgIpc) is 3.00. The number of aromatic nitrogens is 5. The molecule has 1 fully saturated rings. The summed E-state index contributed by atoms with van der Waals surface area (Å²) in [7, 11) is 0. The molecule has 0 aromatic carbocycles. The molecule has 124 valence electrons. The topological polar surface area (TPSA) is 112 Å². The van der Waals surface area contributed by atoms with Gasteiger partial charge in [-0.3, -0.25) is 4.98 Å². The summed E-state index contributed by atoms with van der Waals surface area (Å²) < 4.78 is 1.98. The lowest BCUT2D eigenvalue weighted by molar-refractivity contribution is 0.504. The van der Waals surface area contributed by atoms with Crippen molar-refractivity contribution in [2.75, 3.05) is 23.7 Å². The molecular weight excluding hydrogens is 304 g/mol. The summed E-state index contributed by atoms with van der Waals surface area (Å²) in [4.78, 5) is 19.2. The highest BCUT2D eigenvalue weighted by Crippen LogP contribution is 2.25. The van der Waals surface area contributed by atoms with Gasteiger partial charge in [0.15, 0.2) is 11.5 Å². The number of nitrogens with two attached hydrogens (primary N) is 2. The van der Waals surface area contributed by atoms with E-state index in [9.17, 15) is 0 Å². The van der Waals surface area contributed by atoms with Crippen molar-refractivity contribution in [1.82, 2.24) is 24.5 Å². The third-order valence-corrected chi connectivity index (χ3v) is 4.46. The van der Waals surface area contributed by atoms with Crippen molar-refractivity contribution < 1.29 is 0 Å². The molecule has 1 unspecified atom stereocenters. The van der Waals surface area contributed by atoms with Gasteiger partial charge in [-0.15, -0.1) is 0 Å². The number of hydrogen-bond donors (Lipinski definition) is 2. The van der Waals surface area contributed by atoms with Crippen LogP contribution in [0.2, 0.25) is 0 Å². The molecule has 8 heteroatoms. The van der Waals surface area contributed by atoms with Crippen LogP contribution in [0.15, 0.2) is 31.1 Å². The van der Waals surface area contributed by atoms with Crippen LogP contribution in [0.4, 0.5) is 11.5 Å². The zero-order valence-electron chi connectivity index (χ0n) is 13.3. The Kier molecular flexibility index (Phi) is 3.73. The first kappa shape index (κ1) is 14.8. The second kappa shape index (κ2) is 6.04. The number of fused-ring (bicyclic) bond motifs is 1. The second-order valence-corrected chi connectivity index (χ2v) is 6.16. The largest absolute Gasteiger partial charge is 0.382 e. The van der Waals surface area contributed by atoms with Crippen LogP contribution in [0.5, 0.6) is 0 Å². The first-order valence-electron chi connectivity index (χ1n) is 8.07. The lowest BCUT2D eigenvalue weighted by atomic mass is 10.0. The van der Waals surface area contributed by atoms with Gasteiger partial charge < -0.3 is 20.9 Å². The molecule has 1 saturated heterocycles. The Hall–Kier alpha value is -2.74. The van der Waals surface area contributed by atoms with E-state index in [1.54, 1.807) is 6.33 Å². The summed E-state index contributed by atoms with van der Waals surface area (Å²) in [6.07, 6.45) is 9.12. The second-order valence-electron chi connectivity index (χ2n) is 6.16. The van der Waals surface area contributed by atoms with E-state index in [0.717, 1.165) is 42.8 Å². The van der Waals surface area contributed by atoms with Crippen LogP contribution in [0.25, 0.3) is 11.2 Å². The monoisotopic (exact) mass is 324 g/mol. The maximum atomic E-state index is 6.13. The summed E-state index contributed by atoms with van der Waals surface area (Å²) in [5.74, 6) is 0.399. The van der Waals surface area contributed by atoms with Crippen LogP contribution in [-0.2, 0) is 6.54 Å². The van der Waals surface area contributed by atoms with Crippen LogP contribution in [0.1, 0.15) is 18.4 Å². The van der Waals surface area contributed by atoms with Gasteiger partial charge in [0.1, 0.15) is 11.8 Å². The molecule has 0 saturated carbocycles. The van der Waals surface area contributed by atoms with Crippen molar-refractivity contribution in [3.63, 3.8) is 0 Å². The predicted molar refractivity (Wildman–Crippen MR) is 92.5 cm³/mol. The molecule has 1 atom stereocenters. The van der Waals surface area contributed by atoms with E-state index < -0.39 is 0 Å². The zero-order valence-corrected chi connectivity index (χ0v) is 13.3. The molecule has 0 radical (unpaired) electrons. The predicted octanol–water partition coefficient (Wildman–Crippen LogP) is 0.779. The van der Waals surface area contributed by atoms with Gasteiger partial charge >= 0.3 is 0 Å². The maximum Gasteiger partial charge on any atom is 0.165 e. The Morgan fingerprint density at radius 1 is 1.25 bits per heavy atom. The van der Waals surface area contributed by atoms with Crippen molar-refractivity contribution in [3.05, 3.63) is 36.7 Å². The summed E-state index contributed by atoms with van der Waals surface area (Å²) >= 11 is 0. The van der Waals surface area contributed by atoms with Crippen LogP contribution >= 0.6 is 0 Å². The molecule has 0 amide bonds. The fourth-order valence-corrected chi connectivity index (χ4v) is 3.26. The van der Waals surface area contributed by atoms with E-state index in [1.165, 1.54) is 6.33 Å². The molecule has 0 aliphatic carbocycles. The van der Waals surface area contributed by atoms with Crippen molar-refractivity contribution in [2.24, 2.45) is 5.73 Å². The standard InChI is InChI=1S/C16H20N8/c17-12-2-1-5-23(8-12)13-6-19-4-3-11(13)7-24-10-22-14-15(18)20-9-21-16(14)24/h3-4,6,9-10,12H,1-2,5,7-8,17H2,(H2,18,20,21). The number of rotatable bonds is 3. The van der Waals surface area contributed by atoms with E-state index in [4.69, 9.17) is 11.5 Å². The zero-order chi connectivity index (χ0) is 16.5. The fourth-order valence-electron chi connectivity index (χ4n) is 3.26. The summed E-state index contributed by atoms with van der Waals surface area (Å²) in [5.41, 5.74) is 15.7. The fraction of sp³-hybridized carbons (Fsp3) is 0.375. The molecule has 1 aliphatic rings. The first-order valence-corrected chi connectivity index (χ1v) is 8.07. The van der Waals surface area contributed by atoms with Gasteiger partial charge in [0.2, 0.25) is 0 Å². The lowest BCUT2D eigenvalue weighted by Gasteiger charge is -2.33. The smallest absolute Gasteiger partial charge is 0.165 e. The molecule has 0 spiro atoms. The van der Waals surface area contributed by atoms with Gasteiger partial charge in [0.25, 0.3) is 0 Å². The van der Waals surface area contributed by atoms with Crippen LogP contribution in [0.3, 0.4) is 0 Å². The average molecular weight is 324 g/mol. The number of nitrogens with zero attached hydrogens (tertiary/aromatic N) is 6. The number of piperidine rings is 1. The van der Waals surface area contributed by atoms with Gasteiger partial charge in [-0.25, -0.2) is 15.0 Å². The normalized spacial score (nSPS) is 18.2. The van der Waals surface area contributed by atoms with Gasteiger partial charge in [0, 0.05) is 25.3 Å². The molecule has 4 heterocycles. The van der Waals surface area contributed by atoms with Crippen LogP contribution < -0.4 is 16.4 Å². The van der Waals surface area contributed by atoms with Crippen molar-refractivity contribution in [1.29, 1.82) is 0 Å². The minimum Gasteiger partial charge on any atom is -0.382 e. The summed E-state index contributed by atoms with van der Waals surface area (Å²) in [6, 6.07) is 2.25. The molecular formula is C16H20N8. The number of nitrogen functional groups attached to an aromatic ring is 1. The first-order chi connectivity index (χ1) is 11.7. The third kappa shape index (κ3) is 2.65. The van der Waals surface area contributed by atoms with E-state index >= 15 is 0 Å². The highest BCUT2D eigenvalue weighted by atomic mass is 15.2. The Bertz CT molecular complexity index is 858. The number of anilines is 2. The molecule has 4 rings (SSSR count). The molecule has 0 bridgehead atoms. The van der Waals surface area contributed by atoms with Crippen molar-refractivity contribution >= 4 is 22.7 Å². The molecule has 4 N–H and O–H groups in total. The van der Waals surface area contributed by atoms with E-state index in [0.29, 0.717) is 17.9 Å². The highest BCUT2D eigenvalue weighted by molar-refractivity contribution is 5.81. The van der Waals surface area contributed by atoms with Gasteiger partial charge in [-0.1, -0.05) is 0 Å². The summed E-state index contributed by atoms with van der Waals surface area (Å²) in [5, 5.41) is 0. The Labute approximate surface area is 139 Å². The SMILES string of the molecule is Nc1ncnc2c1ncn2Cc1ccncc1N1CCCC(N)C1. The Balaban J connectivity index is 1.68. The Morgan fingerprint density at radius 3 is 3.04 bits per heavy atom. The molecule has 8 nitrogen and oxygen atoms in total. The van der Waals surface area contributed by atoms with Crippen molar-refractivity contribution in [3.8, 4) is 0 Å². The van der Waals surface area contributed by atoms with E-state index in [1.807, 2.05) is 23.0 Å².